The van der Waals surface area contributed by atoms with E-state index in [9.17, 15) is 31.2 Å². The molecule has 0 aliphatic carbocycles. The summed E-state index contributed by atoms with van der Waals surface area (Å²) in [4.78, 5) is 23.9. The number of carbonyl (C=O) groups excluding carboxylic acids is 1. The summed E-state index contributed by atoms with van der Waals surface area (Å²) in [6, 6.07) is 6.57. The number of halogens is 3. The fourth-order valence-corrected chi connectivity index (χ4v) is 4.13. The van der Waals surface area contributed by atoms with Crippen molar-refractivity contribution in [2.45, 2.75) is 24.9 Å². The van der Waals surface area contributed by atoms with Gasteiger partial charge in [-0.05, 0) is 49.2 Å². The number of aryl methyl sites for hydroxylation is 1. The topological polar surface area (TPSA) is 106 Å². The predicted molar refractivity (Wildman–Crippen MR) is 118 cm³/mol. The fraction of sp³-hybridized carbons (Fsp3) is 0.273. The Morgan fingerprint density at radius 2 is 1.79 bits per heavy atom. The van der Waals surface area contributed by atoms with Crippen molar-refractivity contribution in [3.05, 3.63) is 63.5 Å². The van der Waals surface area contributed by atoms with Crippen molar-refractivity contribution in [1.82, 2.24) is 4.31 Å². The second kappa shape index (κ2) is 9.11. The number of hydrogen-bond donors (Lipinski definition) is 1. The molecule has 182 valence electrons. The van der Waals surface area contributed by atoms with E-state index in [1.165, 1.54) is 32.3 Å². The Morgan fingerprint density at radius 1 is 1.12 bits per heavy atom. The van der Waals surface area contributed by atoms with Gasteiger partial charge >= 0.3 is 11.8 Å². The van der Waals surface area contributed by atoms with Gasteiger partial charge in [0.1, 0.15) is 11.3 Å². The smallest absolute Gasteiger partial charge is 0.417 e. The number of anilines is 1. The zero-order chi connectivity index (χ0) is 25.4. The molecule has 3 aromatic rings. The molecule has 0 aliphatic rings. The number of amides is 1. The Labute approximate surface area is 193 Å². The normalized spacial score (nSPS) is 12.2. The zero-order valence-electron chi connectivity index (χ0n) is 18.6. The predicted octanol–water partition coefficient (Wildman–Crippen LogP) is 3.70. The quantitative estimate of drug-likeness (QED) is 0.520. The van der Waals surface area contributed by atoms with Gasteiger partial charge in [0, 0.05) is 37.3 Å². The molecule has 34 heavy (non-hydrogen) atoms. The monoisotopic (exact) mass is 498 g/mol. The van der Waals surface area contributed by atoms with Crippen LogP contribution in [-0.2, 0) is 21.0 Å². The van der Waals surface area contributed by atoms with Crippen LogP contribution in [0.1, 0.15) is 16.7 Å². The highest BCUT2D eigenvalue weighted by Gasteiger charge is 2.34. The molecule has 0 radical (unpaired) electrons. The number of nitrogens with one attached hydrogen (secondary N) is 1. The van der Waals surface area contributed by atoms with Gasteiger partial charge in [0.15, 0.2) is 6.61 Å². The standard InChI is InChI=1S/C22H21F3N2O6S/c1-12-7-15(34(30,31)27(3)4)9-18(13(12)2)26-20(28)11-32-14-5-6-16-17(22(23,24)25)10-21(29)33-19(16)8-14/h5-10H,11H2,1-4H3,(H,26,28). The number of fused-ring (bicyclic) bond motifs is 1. The van der Waals surface area contributed by atoms with Gasteiger partial charge in [0.2, 0.25) is 10.0 Å². The van der Waals surface area contributed by atoms with Crippen LogP contribution in [0.15, 0.2) is 50.5 Å². The molecule has 12 heteroatoms. The lowest BCUT2D eigenvalue weighted by molar-refractivity contribution is -0.136. The molecule has 0 bridgehead atoms. The molecule has 3 rings (SSSR count). The van der Waals surface area contributed by atoms with E-state index in [4.69, 9.17) is 9.15 Å². The molecule has 1 aromatic heterocycles. The van der Waals surface area contributed by atoms with Crippen LogP contribution in [0, 0.1) is 13.8 Å². The SMILES string of the molecule is Cc1cc(S(=O)(=O)N(C)C)cc(NC(=O)COc2ccc3c(C(F)(F)F)cc(=O)oc3c2)c1C. The first kappa shape index (κ1) is 25.2. The van der Waals surface area contributed by atoms with Gasteiger partial charge < -0.3 is 14.5 Å². The van der Waals surface area contributed by atoms with Gasteiger partial charge in [-0.1, -0.05) is 0 Å². The number of sulfonamides is 1. The van der Waals surface area contributed by atoms with E-state index in [2.05, 4.69) is 5.32 Å². The number of ether oxygens (including phenoxy) is 1. The highest BCUT2D eigenvalue weighted by Crippen LogP contribution is 2.35. The second-order valence-corrected chi connectivity index (χ2v) is 9.82. The average molecular weight is 498 g/mol. The first-order valence-electron chi connectivity index (χ1n) is 9.81. The third-order valence-electron chi connectivity index (χ3n) is 5.08. The van der Waals surface area contributed by atoms with Crippen LogP contribution >= 0.6 is 0 Å². The Hall–Kier alpha value is -3.38. The van der Waals surface area contributed by atoms with Crippen LogP contribution in [0.3, 0.4) is 0 Å². The van der Waals surface area contributed by atoms with E-state index < -0.39 is 39.9 Å². The van der Waals surface area contributed by atoms with Crippen LogP contribution < -0.4 is 15.7 Å². The Balaban J connectivity index is 1.81. The third kappa shape index (κ3) is 5.23. The maximum absolute atomic E-state index is 13.2. The van der Waals surface area contributed by atoms with Crippen molar-refractivity contribution in [2.75, 3.05) is 26.0 Å². The first-order chi connectivity index (χ1) is 15.7. The highest BCUT2D eigenvalue weighted by atomic mass is 32.2. The zero-order valence-corrected chi connectivity index (χ0v) is 19.4. The lowest BCUT2D eigenvalue weighted by Crippen LogP contribution is -2.24. The Bertz CT molecular complexity index is 1430. The fourth-order valence-electron chi connectivity index (χ4n) is 3.12. The average Bonchev–Trinajstić information content (AvgIpc) is 2.73. The number of hydrogen-bond acceptors (Lipinski definition) is 6. The molecule has 8 nitrogen and oxygen atoms in total. The van der Waals surface area contributed by atoms with Crippen LogP contribution in [0.5, 0.6) is 5.75 Å². The van der Waals surface area contributed by atoms with Crippen molar-refractivity contribution in [1.29, 1.82) is 0 Å². The minimum Gasteiger partial charge on any atom is -0.484 e. The third-order valence-corrected chi connectivity index (χ3v) is 6.88. The summed E-state index contributed by atoms with van der Waals surface area (Å²) in [5.41, 5.74) is -1.09. The molecule has 0 unspecified atom stereocenters. The van der Waals surface area contributed by atoms with E-state index in [0.29, 0.717) is 17.2 Å². The number of rotatable bonds is 6. The van der Waals surface area contributed by atoms with E-state index in [0.717, 1.165) is 16.4 Å². The van der Waals surface area contributed by atoms with Crippen LogP contribution in [0.2, 0.25) is 0 Å². The Kier molecular flexibility index (Phi) is 6.76. The molecule has 1 heterocycles. The Morgan fingerprint density at radius 3 is 2.41 bits per heavy atom. The molecular weight excluding hydrogens is 477 g/mol. The number of benzene rings is 2. The molecule has 1 amide bonds. The summed E-state index contributed by atoms with van der Waals surface area (Å²) < 4.78 is 75.6. The second-order valence-electron chi connectivity index (χ2n) is 7.67. The van der Waals surface area contributed by atoms with Gasteiger partial charge in [-0.25, -0.2) is 17.5 Å². The molecule has 0 saturated heterocycles. The van der Waals surface area contributed by atoms with Crippen LogP contribution in [0.4, 0.5) is 18.9 Å². The van der Waals surface area contributed by atoms with Gasteiger partial charge in [0.05, 0.1) is 10.5 Å². The number of alkyl halides is 3. The first-order valence-corrected chi connectivity index (χ1v) is 11.3. The molecule has 0 fully saturated rings. The summed E-state index contributed by atoms with van der Waals surface area (Å²) >= 11 is 0. The van der Waals surface area contributed by atoms with Crippen LogP contribution in [0.25, 0.3) is 11.0 Å². The minimum absolute atomic E-state index is 0.00171. The molecule has 2 aromatic carbocycles. The minimum atomic E-state index is -4.75. The van der Waals surface area contributed by atoms with Gasteiger partial charge in [-0.3, -0.25) is 4.79 Å². The molecular formula is C22H21F3N2O6S. The van der Waals surface area contributed by atoms with E-state index in [-0.39, 0.29) is 27.3 Å². The highest BCUT2D eigenvalue weighted by molar-refractivity contribution is 7.89. The molecule has 0 atom stereocenters. The largest absolute Gasteiger partial charge is 0.484 e. The number of carbonyl (C=O) groups is 1. The van der Waals surface area contributed by atoms with Crippen LogP contribution in [-0.4, -0.2) is 39.3 Å². The summed E-state index contributed by atoms with van der Waals surface area (Å²) in [7, 11) is -0.956. The van der Waals surface area contributed by atoms with Gasteiger partial charge in [-0.15, -0.1) is 0 Å². The molecule has 0 aliphatic heterocycles. The van der Waals surface area contributed by atoms with E-state index >= 15 is 0 Å². The summed E-state index contributed by atoms with van der Waals surface area (Å²) in [5.74, 6) is -0.630. The van der Waals surface area contributed by atoms with Gasteiger partial charge in [0.25, 0.3) is 5.91 Å². The van der Waals surface area contributed by atoms with Crippen molar-refractivity contribution in [3.63, 3.8) is 0 Å². The maximum Gasteiger partial charge on any atom is 0.417 e. The van der Waals surface area contributed by atoms with E-state index in [1.807, 2.05) is 0 Å². The summed E-state index contributed by atoms with van der Waals surface area (Å²) in [5, 5.41) is 2.25. The molecule has 0 saturated carbocycles. The summed E-state index contributed by atoms with van der Waals surface area (Å²) in [6.45, 7) is 2.88. The lowest BCUT2D eigenvalue weighted by atomic mass is 10.1. The number of nitrogens with zero attached hydrogens (tertiary/aromatic N) is 1. The lowest BCUT2D eigenvalue weighted by Gasteiger charge is -2.16. The van der Waals surface area contributed by atoms with Gasteiger partial charge in [-0.2, -0.15) is 13.2 Å². The summed E-state index contributed by atoms with van der Waals surface area (Å²) in [6.07, 6.45) is -4.75. The van der Waals surface area contributed by atoms with E-state index in [1.54, 1.807) is 13.8 Å². The van der Waals surface area contributed by atoms with Crippen molar-refractivity contribution in [2.24, 2.45) is 0 Å². The van der Waals surface area contributed by atoms with Crippen molar-refractivity contribution in [3.8, 4) is 5.75 Å². The molecule has 0 spiro atoms. The molecule has 1 N–H and O–H groups in total. The van der Waals surface area contributed by atoms with Crippen molar-refractivity contribution >= 4 is 32.6 Å². The maximum atomic E-state index is 13.2. The van der Waals surface area contributed by atoms with Crippen molar-refractivity contribution < 1.29 is 35.5 Å².